The van der Waals surface area contributed by atoms with Gasteiger partial charge in [-0.25, -0.2) is 9.78 Å². The second kappa shape index (κ2) is 5.93. The van der Waals surface area contributed by atoms with Crippen LogP contribution in [0.15, 0.2) is 48.7 Å². The van der Waals surface area contributed by atoms with E-state index < -0.39 is 5.97 Å². The summed E-state index contributed by atoms with van der Waals surface area (Å²) in [5.41, 5.74) is 7.59. The Hall–Kier alpha value is -2.20. The van der Waals surface area contributed by atoms with Crippen molar-refractivity contribution in [2.45, 2.75) is 13.2 Å². The lowest BCUT2D eigenvalue weighted by Gasteiger charge is -2.05. The minimum absolute atomic E-state index is 0.244. The standard InChI is InChI=1S/C14H14N2O2/c15-9-12-6-7-16-13(8-12)14(17)18-10-11-4-2-1-3-5-11/h1-8H,9-10,15H2. The zero-order valence-corrected chi connectivity index (χ0v) is 9.87. The molecule has 0 saturated carbocycles. The van der Waals surface area contributed by atoms with E-state index in [1.807, 2.05) is 30.3 Å². The first-order valence-electron chi connectivity index (χ1n) is 5.65. The Labute approximate surface area is 105 Å². The van der Waals surface area contributed by atoms with Crippen LogP contribution in [0.3, 0.4) is 0 Å². The normalized spacial score (nSPS) is 10.1. The van der Waals surface area contributed by atoms with Crippen molar-refractivity contribution in [2.24, 2.45) is 5.73 Å². The SMILES string of the molecule is NCc1ccnc(C(=O)OCc2ccccc2)c1. The molecule has 0 aliphatic carbocycles. The van der Waals surface area contributed by atoms with Crippen LogP contribution in [0.1, 0.15) is 21.6 Å². The zero-order chi connectivity index (χ0) is 12.8. The molecular formula is C14H14N2O2. The summed E-state index contributed by atoms with van der Waals surface area (Å²) in [5.74, 6) is -0.436. The Kier molecular flexibility index (Phi) is 4.04. The molecule has 2 aromatic rings. The monoisotopic (exact) mass is 242 g/mol. The van der Waals surface area contributed by atoms with E-state index in [1.165, 1.54) is 0 Å². The summed E-state index contributed by atoms with van der Waals surface area (Å²) in [6, 6.07) is 12.9. The molecule has 4 heteroatoms. The summed E-state index contributed by atoms with van der Waals surface area (Å²) in [6.07, 6.45) is 1.56. The molecule has 1 aromatic heterocycles. The van der Waals surface area contributed by atoms with Gasteiger partial charge in [0.2, 0.25) is 0 Å². The topological polar surface area (TPSA) is 65.2 Å². The van der Waals surface area contributed by atoms with Crippen LogP contribution in [0.4, 0.5) is 0 Å². The van der Waals surface area contributed by atoms with Gasteiger partial charge >= 0.3 is 5.97 Å². The fraction of sp³-hybridized carbons (Fsp3) is 0.143. The van der Waals surface area contributed by atoms with E-state index in [0.717, 1.165) is 11.1 Å². The molecule has 0 aliphatic heterocycles. The van der Waals surface area contributed by atoms with Crippen LogP contribution < -0.4 is 5.73 Å². The largest absolute Gasteiger partial charge is 0.456 e. The lowest BCUT2D eigenvalue weighted by Crippen LogP contribution is -2.08. The molecule has 1 aromatic carbocycles. The van der Waals surface area contributed by atoms with Crippen molar-refractivity contribution in [3.8, 4) is 0 Å². The molecule has 0 radical (unpaired) electrons. The number of carbonyl (C=O) groups is 1. The van der Waals surface area contributed by atoms with Crippen LogP contribution in [0.2, 0.25) is 0 Å². The predicted octanol–water partition coefficient (Wildman–Crippen LogP) is 1.90. The molecule has 1 heterocycles. The number of nitrogens with zero attached hydrogens (tertiary/aromatic N) is 1. The molecule has 0 spiro atoms. The van der Waals surface area contributed by atoms with Crippen molar-refractivity contribution in [1.82, 2.24) is 4.98 Å². The average molecular weight is 242 g/mol. The molecule has 4 nitrogen and oxygen atoms in total. The van der Waals surface area contributed by atoms with Crippen molar-refractivity contribution < 1.29 is 9.53 Å². The number of pyridine rings is 1. The summed E-state index contributed by atoms with van der Waals surface area (Å²) in [5, 5.41) is 0. The lowest BCUT2D eigenvalue weighted by atomic mass is 10.2. The van der Waals surface area contributed by atoms with Crippen LogP contribution in [0.25, 0.3) is 0 Å². The van der Waals surface area contributed by atoms with Crippen LogP contribution >= 0.6 is 0 Å². The van der Waals surface area contributed by atoms with E-state index in [0.29, 0.717) is 6.54 Å². The van der Waals surface area contributed by atoms with Gasteiger partial charge in [-0.3, -0.25) is 0 Å². The summed E-state index contributed by atoms with van der Waals surface area (Å²) in [6.45, 7) is 0.621. The van der Waals surface area contributed by atoms with Gasteiger partial charge in [-0.1, -0.05) is 30.3 Å². The van der Waals surface area contributed by atoms with Crippen molar-refractivity contribution in [3.63, 3.8) is 0 Å². The van der Waals surface area contributed by atoms with Gasteiger partial charge in [-0.15, -0.1) is 0 Å². The first-order chi connectivity index (χ1) is 8.79. The Morgan fingerprint density at radius 2 is 1.94 bits per heavy atom. The van der Waals surface area contributed by atoms with E-state index in [9.17, 15) is 4.79 Å². The quantitative estimate of drug-likeness (QED) is 0.831. The number of rotatable bonds is 4. The maximum absolute atomic E-state index is 11.8. The molecule has 0 saturated heterocycles. The van der Waals surface area contributed by atoms with Crippen LogP contribution in [0, 0.1) is 0 Å². The van der Waals surface area contributed by atoms with Crippen LogP contribution in [-0.2, 0) is 17.9 Å². The number of nitrogens with two attached hydrogens (primary N) is 1. The lowest BCUT2D eigenvalue weighted by molar-refractivity contribution is 0.0465. The van der Waals surface area contributed by atoms with Gasteiger partial charge in [0.15, 0.2) is 0 Å². The number of carbonyl (C=O) groups excluding carboxylic acids is 1. The first kappa shape index (κ1) is 12.3. The maximum atomic E-state index is 11.8. The van der Waals surface area contributed by atoms with E-state index in [4.69, 9.17) is 10.5 Å². The molecule has 0 unspecified atom stereocenters. The Balaban J connectivity index is 1.99. The van der Waals surface area contributed by atoms with Crippen LogP contribution in [0.5, 0.6) is 0 Å². The third kappa shape index (κ3) is 3.15. The minimum Gasteiger partial charge on any atom is -0.456 e. The highest BCUT2D eigenvalue weighted by Crippen LogP contribution is 2.06. The number of aromatic nitrogens is 1. The Bertz CT molecular complexity index is 526. The number of hydrogen-bond acceptors (Lipinski definition) is 4. The Morgan fingerprint density at radius 3 is 2.67 bits per heavy atom. The van der Waals surface area contributed by atoms with Crippen molar-refractivity contribution >= 4 is 5.97 Å². The van der Waals surface area contributed by atoms with Gasteiger partial charge in [0.1, 0.15) is 12.3 Å². The van der Waals surface area contributed by atoms with Gasteiger partial charge in [-0.2, -0.15) is 0 Å². The molecule has 18 heavy (non-hydrogen) atoms. The fourth-order valence-electron chi connectivity index (χ4n) is 1.51. The smallest absolute Gasteiger partial charge is 0.357 e. The van der Waals surface area contributed by atoms with Crippen LogP contribution in [-0.4, -0.2) is 11.0 Å². The molecule has 0 fully saturated rings. The predicted molar refractivity (Wildman–Crippen MR) is 67.7 cm³/mol. The highest BCUT2D eigenvalue weighted by molar-refractivity contribution is 5.87. The highest BCUT2D eigenvalue weighted by atomic mass is 16.5. The summed E-state index contributed by atoms with van der Waals surface area (Å²) >= 11 is 0. The average Bonchev–Trinajstić information content (AvgIpc) is 2.46. The fourth-order valence-corrected chi connectivity index (χ4v) is 1.51. The van der Waals surface area contributed by atoms with Gasteiger partial charge < -0.3 is 10.5 Å². The molecule has 0 aliphatic rings. The van der Waals surface area contributed by atoms with Gasteiger partial charge in [0.25, 0.3) is 0 Å². The molecule has 2 N–H and O–H groups in total. The van der Waals surface area contributed by atoms with E-state index in [-0.39, 0.29) is 12.3 Å². The number of hydrogen-bond donors (Lipinski definition) is 1. The zero-order valence-electron chi connectivity index (χ0n) is 9.87. The molecular weight excluding hydrogens is 228 g/mol. The van der Waals surface area contributed by atoms with Crippen molar-refractivity contribution in [2.75, 3.05) is 0 Å². The third-order valence-corrected chi connectivity index (χ3v) is 2.48. The van der Waals surface area contributed by atoms with E-state index in [2.05, 4.69) is 4.98 Å². The molecule has 92 valence electrons. The third-order valence-electron chi connectivity index (χ3n) is 2.48. The highest BCUT2D eigenvalue weighted by Gasteiger charge is 2.09. The second-order valence-electron chi connectivity index (χ2n) is 3.82. The number of esters is 1. The van der Waals surface area contributed by atoms with Gasteiger partial charge in [0, 0.05) is 12.7 Å². The van der Waals surface area contributed by atoms with E-state index in [1.54, 1.807) is 18.3 Å². The Morgan fingerprint density at radius 1 is 1.17 bits per heavy atom. The number of ether oxygens (including phenoxy) is 1. The summed E-state index contributed by atoms with van der Waals surface area (Å²) < 4.78 is 5.17. The molecule has 0 atom stereocenters. The molecule has 0 amide bonds. The number of benzene rings is 1. The van der Waals surface area contributed by atoms with Crippen molar-refractivity contribution in [1.29, 1.82) is 0 Å². The second-order valence-corrected chi connectivity index (χ2v) is 3.82. The van der Waals surface area contributed by atoms with E-state index >= 15 is 0 Å². The minimum atomic E-state index is -0.436. The molecule has 0 bridgehead atoms. The molecule has 2 rings (SSSR count). The van der Waals surface area contributed by atoms with Crippen molar-refractivity contribution in [3.05, 3.63) is 65.5 Å². The maximum Gasteiger partial charge on any atom is 0.357 e. The van der Waals surface area contributed by atoms with Gasteiger partial charge in [0.05, 0.1) is 0 Å². The summed E-state index contributed by atoms with van der Waals surface area (Å²) in [7, 11) is 0. The first-order valence-corrected chi connectivity index (χ1v) is 5.65. The summed E-state index contributed by atoms with van der Waals surface area (Å²) in [4.78, 5) is 15.7. The van der Waals surface area contributed by atoms with Gasteiger partial charge in [-0.05, 0) is 23.3 Å².